The summed E-state index contributed by atoms with van der Waals surface area (Å²) in [5.74, 6) is 0. The van der Waals surface area contributed by atoms with Crippen molar-refractivity contribution in [1.82, 2.24) is 10.6 Å². The van der Waals surface area contributed by atoms with Crippen LogP contribution in [0.1, 0.15) is 56.3 Å². The molecule has 3 rings (SSSR count). The second-order valence-corrected chi connectivity index (χ2v) is 9.06. The van der Waals surface area contributed by atoms with Crippen LogP contribution in [0.25, 0.3) is 0 Å². The summed E-state index contributed by atoms with van der Waals surface area (Å²) >= 11 is 0. The number of benzene rings is 2. The largest absolute Gasteiger partial charge is 0.444 e. The zero-order valence-electron chi connectivity index (χ0n) is 18.2. The highest BCUT2D eigenvalue weighted by Crippen LogP contribution is 2.29. The molecule has 0 radical (unpaired) electrons. The minimum absolute atomic E-state index is 0.225. The van der Waals surface area contributed by atoms with Gasteiger partial charge in [0.1, 0.15) is 5.60 Å². The van der Waals surface area contributed by atoms with Gasteiger partial charge in [-0.05, 0) is 63.1 Å². The van der Waals surface area contributed by atoms with E-state index in [1.807, 2.05) is 51.1 Å². The second-order valence-electron chi connectivity index (χ2n) is 9.06. The number of carbonyl (C=O) groups is 1. The lowest BCUT2D eigenvalue weighted by molar-refractivity contribution is 0.0419. The summed E-state index contributed by atoms with van der Waals surface area (Å²) in [6, 6.07) is 18.2. The van der Waals surface area contributed by atoms with Crippen LogP contribution in [0.4, 0.5) is 4.79 Å². The number of aryl methyl sites for hydroxylation is 1. The molecule has 1 amide bonds. The Morgan fingerprint density at radius 3 is 2.57 bits per heavy atom. The number of nitrogens with one attached hydrogen (secondary N) is 2. The number of rotatable bonds is 7. The van der Waals surface area contributed by atoms with E-state index < -0.39 is 23.8 Å². The molecule has 1 aliphatic rings. The van der Waals surface area contributed by atoms with Gasteiger partial charge in [0.05, 0.1) is 12.1 Å². The highest BCUT2D eigenvalue weighted by atomic mass is 16.6. The summed E-state index contributed by atoms with van der Waals surface area (Å²) in [5, 5.41) is 17.4. The predicted molar refractivity (Wildman–Crippen MR) is 119 cm³/mol. The SMILES string of the molecule is CC(C)(C)OC(=O)N[C@@H](Cc1ccccc1)[C@H](O)CNC1CCCc2ccccc21. The number of fused-ring (bicyclic) bond motifs is 1. The van der Waals surface area contributed by atoms with Gasteiger partial charge in [0.15, 0.2) is 0 Å². The van der Waals surface area contributed by atoms with E-state index in [2.05, 4.69) is 34.9 Å². The molecule has 0 aromatic heterocycles. The molecule has 1 unspecified atom stereocenters. The number of aliphatic hydroxyl groups is 1. The highest BCUT2D eigenvalue weighted by molar-refractivity contribution is 5.68. The van der Waals surface area contributed by atoms with Crippen molar-refractivity contribution in [3.05, 3.63) is 71.3 Å². The molecule has 2 aromatic carbocycles. The van der Waals surface area contributed by atoms with Crippen molar-refractivity contribution in [2.75, 3.05) is 6.54 Å². The molecule has 0 heterocycles. The Bertz CT molecular complexity index is 817. The van der Waals surface area contributed by atoms with Gasteiger partial charge in [0.25, 0.3) is 0 Å². The molecule has 5 heteroatoms. The van der Waals surface area contributed by atoms with Crippen molar-refractivity contribution >= 4 is 6.09 Å². The van der Waals surface area contributed by atoms with Crippen LogP contribution in [0, 0.1) is 0 Å². The molecule has 0 saturated carbocycles. The molecular weight excluding hydrogens is 376 g/mol. The van der Waals surface area contributed by atoms with Crippen LogP contribution in [0.15, 0.2) is 54.6 Å². The molecule has 3 N–H and O–H groups in total. The Balaban J connectivity index is 1.65. The van der Waals surface area contributed by atoms with Crippen molar-refractivity contribution < 1.29 is 14.6 Å². The van der Waals surface area contributed by atoms with E-state index >= 15 is 0 Å². The molecular formula is C25H34N2O3. The third-order valence-corrected chi connectivity index (χ3v) is 5.41. The fourth-order valence-electron chi connectivity index (χ4n) is 3.98. The standard InChI is InChI=1S/C25H34N2O3/c1-25(2,3)30-24(29)27-22(16-18-10-5-4-6-11-18)23(28)17-26-21-15-9-13-19-12-7-8-14-20(19)21/h4-8,10-12,14,21-23,26,28H,9,13,15-17H2,1-3H3,(H,27,29)/t21?,22-,23+/m0/s1. The Morgan fingerprint density at radius 1 is 1.13 bits per heavy atom. The first-order chi connectivity index (χ1) is 14.3. The number of hydrogen-bond acceptors (Lipinski definition) is 4. The lowest BCUT2D eigenvalue weighted by atomic mass is 9.87. The first kappa shape index (κ1) is 22.3. The molecule has 162 valence electrons. The van der Waals surface area contributed by atoms with Gasteiger partial charge in [0, 0.05) is 12.6 Å². The maximum absolute atomic E-state index is 12.4. The van der Waals surface area contributed by atoms with Crippen LogP contribution in [0.3, 0.4) is 0 Å². The predicted octanol–water partition coefficient (Wildman–Crippen LogP) is 4.15. The number of carbonyl (C=O) groups excluding carboxylic acids is 1. The van der Waals surface area contributed by atoms with Crippen molar-refractivity contribution in [3.8, 4) is 0 Å². The molecule has 0 fully saturated rings. The quantitative estimate of drug-likeness (QED) is 0.641. The first-order valence-electron chi connectivity index (χ1n) is 10.8. The van der Waals surface area contributed by atoms with E-state index in [0.29, 0.717) is 13.0 Å². The number of aliphatic hydroxyl groups excluding tert-OH is 1. The van der Waals surface area contributed by atoms with Gasteiger partial charge >= 0.3 is 6.09 Å². The third-order valence-electron chi connectivity index (χ3n) is 5.41. The Kier molecular flexibility index (Phi) is 7.51. The Hall–Kier alpha value is -2.37. The van der Waals surface area contributed by atoms with Crippen LogP contribution < -0.4 is 10.6 Å². The summed E-state index contributed by atoms with van der Waals surface area (Å²) in [6.45, 7) is 5.89. The first-order valence-corrected chi connectivity index (χ1v) is 10.8. The average molecular weight is 411 g/mol. The summed E-state index contributed by atoms with van der Waals surface area (Å²) < 4.78 is 5.42. The van der Waals surface area contributed by atoms with Crippen molar-refractivity contribution in [1.29, 1.82) is 0 Å². The van der Waals surface area contributed by atoms with E-state index in [1.165, 1.54) is 11.1 Å². The van der Waals surface area contributed by atoms with E-state index in [-0.39, 0.29) is 6.04 Å². The normalized spacial score (nSPS) is 18.2. The monoisotopic (exact) mass is 410 g/mol. The average Bonchev–Trinajstić information content (AvgIpc) is 2.71. The molecule has 0 bridgehead atoms. The summed E-state index contributed by atoms with van der Waals surface area (Å²) in [5.41, 5.74) is 3.16. The van der Waals surface area contributed by atoms with Gasteiger partial charge < -0.3 is 20.5 Å². The zero-order valence-corrected chi connectivity index (χ0v) is 18.2. The van der Waals surface area contributed by atoms with E-state index in [0.717, 1.165) is 24.8 Å². The van der Waals surface area contributed by atoms with Crippen LogP contribution in [-0.2, 0) is 17.6 Å². The smallest absolute Gasteiger partial charge is 0.407 e. The lowest BCUT2D eigenvalue weighted by Crippen LogP contribution is -2.50. The molecule has 2 aromatic rings. The van der Waals surface area contributed by atoms with Crippen molar-refractivity contribution in [3.63, 3.8) is 0 Å². The fourth-order valence-corrected chi connectivity index (χ4v) is 3.98. The van der Waals surface area contributed by atoms with Crippen molar-refractivity contribution in [2.24, 2.45) is 0 Å². The van der Waals surface area contributed by atoms with Crippen LogP contribution in [0.5, 0.6) is 0 Å². The van der Waals surface area contributed by atoms with Gasteiger partial charge in [-0.1, -0.05) is 54.6 Å². The molecule has 30 heavy (non-hydrogen) atoms. The number of alkyl carbamates (subject to hydrolysis) is 1. The van der Waals surface area contributed by atoms with Crippen molar-refractivity contribution in [2.45, 2.75) is 70.2 Å². The van der Waals surface area contributed by atoms with Crippen LogP contribution in [0.2, 0.25) is 0 Å². The maximum Gasteiger partial charge on any atom is 0.407 e. The lowest BCUT2D eigenvalue weighted by Gasteiger charge is -2.30. The van der Waals surface area contributed by atoms with Crippen LogP contribution in [-0.4, -0.2) is 35.5 Å². The van der Waals surface area contributed by atoms with Crippen LogP contribution >= 0.6 is 0 Å². The molecule has 0 aliphatic heterocycles. The maximum atomic E-state index is 12.4. The zero-order chi connectivity index (χ0) is 21.6. The second kappa shape index (κ2) is 10.1. The van der Waals surface area contributed by atoms with E-state index in [4.69, 9.17) is 4.74 Å². The van der Waals surface area contributed by atoms with Gasteiger partial charge in [-0.25, -0.2) is 4.79 Å². The highest BCUT2D eigenvalue weighted by Gasteiger charge is 2.27. The van der Waals surface area contributed by atoms with Gasteiger partial charge in [-0.15, -0.1) is 0 Å². The summed E-state index contributed by atoms with van der Waals surface area (Å²) in [7, 11) is 0. The van der Waals surface area contributed by atoms with Gasteiger partial charge in [0.2, 0.25) is 0 Å². The molecule has 3 atom stereocenters. The fraction of sp³-hybridized carbons (Fsp3) is 0.480. The third kappa shape index (κ3) is 6.57. The molecule has 0 spiro atoms. The Labute approximate surface area is 179 Å². The molecule has 5 nitrogen and oxygen atoms in total. The minimum Gasteiger partial charge on any atom is -0.444 e. The number of ether oxygens (including phenoxy) is 1. The number of hydrogen-bond donors (Lipinski definition) is 3. The van der Waals surface area contributed by atoms with E-state index in [1.54, 1.807) is 0 Å². The Morgan fingerprint density at radius 2 is 1.83 bits per heavy atom. The summed E-state index contributed by atoms with van der Waals surface area (Å²) in [6.07, 6.45) is 2.57. The van der Waals surface area contributed by atoms with Gasteiger partial charge in [-0.2, -0.15) is 0 Å². The van der Waals surface area contributed by atoms with Gasteiger partial charge in [-0.3, -0.25) is 0 Å². The van der Waals surface area contributed by atoms with E-state index in [9.17, 15) is 9.90 Å². The minimum atomic E-state index is -0.744. The summed E-state index contributed by atoms with van der Waals surface area (Å²) in [4.78, 5) is 12.4. The topological polar surface area (TPSA) is 70.6 Å². The molecule has 1 aliphatic carbocycles. The number of amides is 1. The molecule has 0 saturated heterocycles.